The van der Waals surface area contributed by atoms with Crippen LogP contribution in [0.4, 0.5) is 0 Å². The molecule has 0 spiro atoms. The number of aliphatic hydroxyl groups excluding tert-OH is 1. The molecule has 1 N–H and O–H groups in total. The third kappa shape index (κ3) is 3.93. The van der Waals surface area contributed by atoms with E-state index < -0.39 is 15.9 Å². The lowest BCUT2D eigenvalue weighted by atomic mass is 10.0. The van der Waals surface area contributed by atoms with Crippen molar-refractivity contribution in [2.75, 3.05) is 5.75 Å². The van der Waals surface area contributed by atoms with E-state index in [-0.39, 0.29) is 10.6 Å². The van der Waals surface area contributed by atoms with E-state index in [2.05, 4.69) is 13.8 Å². The minimum atomic E-state index is -3.48. The monoisotopic (exact) mass is 304 g/mol. The maximum absolute atomic E-state index is 12.2. The second-order valence-electron chi connectivity index (χ2n) is 5.43. The van der Waals surface area contributed by atoms with Crippen molar-refractivity contribution in [3.63, 3.8) is 0 Å². The van der Waals surface area contributed by atoms with Gasteiger partial charge in [0.25, 0.3) is 0 Å². The number of rotatable bonds is 5. The van der Waals surface area contributed by atoms with Crippen LogP contribution in [-0.2, 0) is 9.84 Å². The summed E-state index contributed by atoms with van der Waals surface area (Å²) in [7, 11) is -3.48. The molecule has 0 bridgehead atoms. The molecule has 112 valence electrons. The smallest absolute Gasteiger partial charge is 0.181 e. The predicted molar refractivity (Wildman–Crippen MR) is 84.0 cm³/mol. The fourth-order valence-corrected chi connectivity index (χ4v) is 3.50. The Labute approximate surface area is 126 Å². The van der Waals surface area contributed by atoms with Crippen LogP contribution in [0.5, 0.6) is 0 Å². The lowest BCUT2D eigenvalue weighted by molar-refractivity contribution is 0.201. The van der Waals surface area contributed by atoms with E-state index in [4.69, 9.17) is 0 Å². The number of hydrogen-bond donors (Lipinski definition) is 1. The molecule has 4 heteroatoms. The van der Waals surface area contributed by atoms with Crippen molar-refractivity contribution in [1.29, 1.82) is 0 Å². The first-order chi connectivity index (χ1) is 9.90. The number of hydrogen-bond acceptors (Lipinski definition) is 3. The molecule has 2 rings (SSSR count). The summed E-state index contributed by atoms with van der Waals surface area (Å²) in [5, 5.41) is 10.2. The van der Waals surface area contributed by atoms with Crippen molar-refractivity contribution in [3.8, 4) is 0 Å². The van der Waals surface area contributed by atoms with Gasteiger partial charge in [0.1, 0.15) is 0 Å². The molecule has 3 nitrogen and oxygen atoms in total. The van der Waals surface area contributed by atoms with E-state index in [1.165, 1.54) is 0 Å². The van der Waals surface area contributed by atoms with Gasteiger partial charge in [0.15, 0.2) is 9.84 Å². The Morgan fingerprint density at radius 2 is 1.43 bits per heavy atom. The van der Waals surface area contributed by atoms with E-state index in [1.54, 1.807) is 42.5 Å². The van der Waals surface area contributed by atoms with Crippen LogP contribution in [-0.4, -0.2) is 19.3 Å². The zero-order chi connectivity index (χ0) is 15.5. The Morgan fingerprint density at radius 1 is 0.905 bits per heavy atom. The third-order valence-corrected chi connectivity index (χ3v) is 5.21. The summed E-state index contributed by atoms with van der Waals surface area (Å²) < 4.78 is 24.5. The Bertz CT molecular complexity index is 674. The highest BCUT2D eigenvalue weighted by atomic mass is 32.2. The predicted octanol–water partition coefficient (Wildman–Crippen LogP) is 3.32. The molecule has 1 unspecified atom stereocenters. The van der Waals surface area contributed by atoms with Crippen LogP contribution < -0.4 is 0 Å². The highest BCUT2D eigenvalue weighted by molar-refractivity contribution is 7.91. The van der Waals surface area contributed by atoms with E-state index in [0.29, 0.717) is 11.5 Å². The second kappa shape index (κ2) is 6.41. The maximum Gasteiger partial charge on any atom is 0.181 e. The van der Waals surface area contributed by atoms with Crippen LogP contribution in [0.25, 0.3) is 0 Å². The average Bonchev–Trinajstić information content (AvgIpc) is 2.48. The number of aliphatic hydroxyl groups is 1. The van der Waals surface area contributed by atoms with Crippen molar-refractivity contribution in [3.05, 3.63) is 65.7 Å². The minimum Gasteiger partial charge on any atom is -0.387 e. The van der Waals surface area contributed by atoms with Crippen LogP contribution in [0, 0.1) is 0 Å². The summed E-state index contributed by atoms with van der Waals surface area (Å²) in [6, 6.07) is 15.7. The summed E-state index contributed by atoms with van der Waals surface area (Å²) in [5.41, 5.74) is 1.79. The maximum atomic E-state index is 12.2. The van der Waals surface area contributed by atoms with Crippen LogP contribution in [0.1, 0.15) is 37.0 Å². The summed E-state index contributed by atoms with van der Waals surface area (Å²) in [5.74, 6) is 0.0992. The molecule has 0 amide bonds. The van der Waals surface area contributed by atoms with Gasteiger partial charge in [-0.15, -0.1) is 0 Å². The Morgan fingerprint density at radius 3 is 1.95 bits per heavy atom. The van der Waals surface area contributed by atoms with Gasteiger partial charge in [0.2, 0.25) is 0 Å². The fourth-order valence-electron chi connectivity index (χ4n) is 2.13. The van der Waals surface area contributed by atoms with E-state index in [9.17, 15) is 13.5 Å². The van der Waals surface area contributed by atoms with Crippen molar-refractivity contribution in [2.45, 2.75) is 30.8 Å². The summed E-state index contributed by atoms with van der Waals surface area (Å²) in [4.78, 5) is 0.239. The van der Waals surface area contributed by atoms with Crippen molar-refractivity contribution < 1.29 is 13.5 Å². The molecule has 0 aliphatic rings. The molecule has 0 radical (unpaired) electrons. The van der Waals surface area contributed by atoms with Crippen molar-refractivity contribution in [2.24, 2.45) is 0 Å². The molecule has 0 aliphatic heterocycles. The van der Waals surface area contributed by atoms with Crippen LogP contribution in [0.15, 0.2) is 59.5 Å². The van der Waals surface area contributed by atoms with Gasteiger partial charge in [0, 0.05) is 0 Å². The first kappa shape index (κ1) is 15.7. The molecule has 1 atom stereocenters. The SMILES string of the molecule is CC(C)c1ccc(C(O)CS(=O)(=O)c2ccccc2)cc1. The van der Waals surface area contributed by atoms with Crippen molar-refractivity contribution >= 4 is 9.84 Å². The third-order valence-electron chi connectivity index (χ3n) is 3.47. The molecule has 0 aliphatic carbocycles. The molecule has 21 heavy (non-hydrogen) atoms. The zero-order valence-corrected chi connectivity index (χ0v) is 13.0. The van der Waals surface area contributed by atoms with Gasteiger partial charge in [-0.1, -0.05) is 56.3 Å². The molecular weight excluding hydrogens is 284 g/mol. The van der Waals surface area contributed by atoms with E-state index in [0.717, 1.165) is 5.56 Å². The quantitative estimate of drug-likeness (QED) is 0.922. The van der Waals surface area contributed by atoms with Crippen LogP contribution >= 0.6 is 0 Å². The number of sulfone groups is 1. The topological polar surface area (TPSA) is 54.4 Å². The Hall–Kier alpha value is -1.65. The molecule has 0 fully saturated rings. The lowest BCUT2D eigenvalue weighted by Gasteiger charge is -2.13. The summed E-state index contributed by atoms with van der Waals surface area (Å²) in [6.07, 6.45) is -1.02. The van der Waals surface area contributed by atoms with Gasteiger partial charge < -0.3 is 5.11 Å². The molecule has 0 heterocycles. The molecule has 0 saturated heterocycles. The number of benzene rings is 2. The molecule has 0 aromatic heterocycles. The highest BCUT2D eigenvalue weighted by Crippen LogP contribution is 2.22. The Kier molecular flexibility index (Phi) is 4.80. The summed E-state index contributed by atoms with van der Waals surface area (Å²) in [6.45, 7) is 4.18. The highest BCUT2D eigenvalue weighted by Gasteiger charge is 2.20. The fraction of sp³-hybridized carbons (Fsp3) is 0.294. The van der Waals surface area contributed by atoms with E-state index >= 15 is 0 Å². The van der Waals surface area contributed by atoms with Crippen LogP contribution in [0.3, 0.4) is 0 Å². The minimum absolute atomic E-state index is 0.239. The van der Waals surface area contributed by atoms with Crippen molar-refractivity contribution in [1.82, 2.24) is 0 Å². The van der Waals surface area contributed by atoms with Gasteiger partial charge >= 0.3 is 0 Å². The Balaban J connectivity index is 2.16. The summed E-state index contributed by atoms with van der Waals surface area (Å²) >= 11 is 0. The first-order valence-corrected chi connectivity index (χ1v) is 8.61. The lowest BCUT2D eigenvalue weighted by Crippen LogP contribution is -2.14. The average molecular weight is 304 g/mol. The zero-order valence-electron chi connectivity index (χ0n) is 12.2. The second-order valence-corrected chi connectivity index (χ2v) is 7.47. The van der Waals surface area contributed by atoms with Gasteiger partial charge in [0.05, 0.1) is 16.8 Å². The van der Waals surface area contributed by atoms with E-state index in [1.807, 2.05) is 12.1 Å². The molecule has 0 saturated carbocycles. The van der Waals surface area contributed by atoms with Crippen LogP contribution in [0.2, 0.25) is 0 Å². The first-order valence-electron chi connectivity index (χ1n) is 6.96. The normalized spacial score (nSPS) is 13.3. The molecule has 2 aromatic carbocycles. The molecular formula is C17H20O3S. The van der Waals surface area contributed by atoms with Gasteiger partial charge in [-0.2, -0.15) is 0 Å². The van der Waals surface area contributed by atoms with Gasteiger partial charge in [-0.25, -0.2) is 8.42 Å². The van der Waals surface area contributed by atoms with Gasteiger partial charge in [-0.05, 0) is 29.2 Å². The standard InChI is InChI=1S/C17H20O3S/c1-13(2)14-8-10-15(11-9-14)17(18)12-21(19,20)16-6-4-3-5-7-16/h3-11,13,17-18H,12H2,1-2H3. The molecule has 2 aromatic rings. The van der Waals surface area contributed by atoms with Gasteiger partial charge in [-0.3, -0.25) is 0 Å². The largest absolute Gasteiger partial charge is 0.387 e.